The number of imidazole rings is 1. The molecule has 0 unspecified atom stereocenters. The lowest BCUT2D eigenvalue weighted by molar-refractivity contribution is -0.138. The van der Waals surface area contributed by atoms with Gasteiger partial charge < -0.3 is 15.2 Å². The van der Waals surface area contributed by atoms with Crippen LogP contribution in [0, 0.1) is 0 Å². The molecule has 0 bridgehead atoms. The minimum Gasteiger partial charge on any atom is -0.355 e. The van der Waals surface area contributed by atoms with E-state index in [1.54, 1.807) is 4.90 Å². The van der Waals surface area contributed by atoms with Crippen molar-refractivity contribution in [2.45, 2.75) is 25.6 Å². The number of hydrogen-bond acceptors (Lipinski definition) is 4. The van der Waals surface area contributed by atoms with E-state index in [2.05, 4.69) is 15.3 Å². The Hall–Kier alpha value is -3.40. The number of hydrogen-bond donors (Lipinski definition) is 2. The molecule has 1 atom stereocenters. The predicted molar refractivity (Wildman–Crippen MR) is 121 cm³/mol. The van der Waals surface area contributed by atoms with Crippen molar-refractivity contribution in [2.75, 3.05) is 32.7 Å². The molecule has 1 aromatic heterocycles. The van der Waals surface area contributed by atoms with Crippen molar-refractivity contribution in [3.05, 3.63) is 65.5 Å². The maximum Gasteiger partial charge on any atom is 0.416 e. The van der Waals surface area contributed by atoms with E-state index in [1.807, 2.05) is 29.2 Å². The van der Waals surface area contributed by atoms with Gasteiger partial charge in [-0.15, -0.1) is 0 Å². The fourth-order valence-corrected chi connectivity index (χ4v) is 4.24. The minimum absolute atomic E-state index is 0.142. The monoisotopic (exact) mass is 473 g/mol. The van der Waals surface area contributed by atoms with E-state index in [-0.39, 0.29) is 18.4 Å². The molecule has 7 nitrogen and oxygen atoms in total. The number of benzene rings is 2. The first-order valence-corrected chi connectivity index (χ1v) is 11.1. The molecule has 0 aliphatic carbocycles. The Morgan fingerprint density at radius 1 is 1.12 bits per heavy atom. The molecule has 2 N–H and O–H groups in total. The normalized spacial score (nSPS) is 17.2. The van der Waals surface area contributed by atoms with E-state index in [9.17, 15) is 22.8 Å². The zero-order valence-corrected chi connectivity index (χ0v) is 18.7. The molecular weight excluding hydrogens is 447 g/mol. The number of amides is 2. The van der Waals surface area contributed by atoms with Crippen LogP contribution in [0.25, 0.3) is 11.0 Å². The molecule has 4 rings (SSSR count). The second-order valence-electron chi connectivity index (χ2n) is 8.38. The third-order valence-corrected chi connectivity index (χ3v) is 5.98. The zero-order valence-electron chi connectivity index (χ0n) is 18.7. The first kappa shape index (κ1) is 23.7. The average Bonchev–Trinajstić information content (AvgIpc) is 3.21. The van der Waals surface area contributed by atoms with Crippen LogP contribution < -0.4 is 5.32 Å². The van der Waals surface area contributed by atoms with Crippen molar-refractivity contribution < 1.29 is 22.8 Å². The number of carbonyl (C=O) groups is 2. The molecular formula is C24H26F3N5O2. The van der Waals surface area contributed by atoms with Crippen LogP contribution in [-0.4, -0.2) is 64.3 Å². The highest BCUT2D eigenvalue weighted by Crippen LogP contribution is 2.32. The van der Waals surface area contributed by atoms with Gasteiger partial charge in [-0.1, -0.05) is 24.3 Å². The molecule has 180 valence electrons. The summed E-state index contributed by atoms with van der Waals surface area (Å²) >= 11 is 0. The van der Waals surface area contributed by atoms with Crippen LogP contribution in [0.1, 0.15) is 29.9 Å². The second-order valence-corrected chi connectivity index (χ2v) is 8.38. The summed E-state index contributed by atoms with van der Waals surface area (Å²) in [4.78, 5) is 35.9. The summed E-state index contributed by atoms with van der Waals surface area (Å²) in [6.45, 7) is 3.28. The standard InChI is InChI=1S/C24H26F3N5O2/c1-16(33)32-13-12-31(14-21(32)17-6-8-18(9-7-17)24(25,26)27)15-23(34)28-11-10-22-29-19-4-2-3-5-20(19)30-22/h2-9,21H,10-15H2,1H3,(H,28,34)(H,29,30)/t21-/m1/s1. The third-order valence-electron chi connectivity index (χ3n) is 5.98. The molecule has 0 spiro atoms. The van der Waals surface area contributed by atoms with Crippen LogP contribution in [0.15, 0.2) is 48.5 Å². The van der Waals surface area contributed by atoms with E-state index in [0.717, 1.165) is 29.0 Å². The SMILES string of the molecule is CC(=O)N1CCN(CC(=O)NCCc2nc3ccccc3[nH]2)C[C@@H]1c1ccc(C(F)(F)F)cc1. The van der Waals surface area contributed by atoms with Gasteiger partial charge >= 0.3 is 6.18 Å². The second kappa shape index (κ2) is 9.84. The van der Waals surface area contributed by atoms with Gasteiger partial charge in [0.1, 0.15) is 5.82 Å². The van der Waals surface area contributed by atoms with Crippen LogP contribution in [-0.2, 0) is 22.2 Å². The Morgan fingerprint density at radius 2 is 1.85 bits per heavy atom. The van der Waals surface area contributed by atoms with E-state index in [0.29, 0.717) is 38.2 Å². The van der Waals surface area contributed by atoms with Crippen LogP contribution in [0.3, 0.4) is 0 Å². The number of piperazine rings is 1. The van der Waals surface area contributed by atoms with Gasteiger partial charge in [0.25, 0.3) is 0 Å². The van der Waals surface area contributed by atoms with Gasteiger partial charge in [-0.2, -0.15) is 13.2 Å². The van der Waals surface area contributed by atoms with Crippen molar-refractivity contribution in [2.24, 2.45) is 0 Å². The van der Waals surface area contributed by atoms with Gasteiger partial charge in [0.2, 0.25) is 11.8 Å². The number of aromatic nitrogens is 2. The summed E-state index contributed by atoms with van der Waals surface area (Å²) in [7, 11) is 0. The summed E-state index contributed by atoms with van der Waals surface area (Å²) < 4.78 is 38.7. The zero-order chi connectivity index (χ0) is 24.3. The fourth-order valence-electron chi connectivity index (χ4n) is 4.24. The fraction of sp³-hybridized carbons (Fsp3) is 0.375. The Balaban J connectivity index is 1.33. The first-order chi connectivity index (χ1) is 16.2. The lowest BCUT2D eigenvalue weighted by Gasteiger charge is -2.41. The number of halogens is 3. The highest BCUT2D eigenvalue weighted by atomic mass is 19.4. The molecule has 1 saturated heterocycles. The van der Waals surface area contributed by atoms with Gasteiger partial charge in [0, 0.05) is 39.5 Å². The maximum absolute atomic E-state index is 12.9. The number of fused-ring (bicyclic) bond motifs is 1. The van der Waals surface area contributed by atoms with Crippen molar-refractivity contribution in [1.29, 1.82) is 0 Å². The van der Waals surface area contributed by atoms with Gasteiger partial charge in [0.15, 0.2) is 0 Å². The molecule has 10 heteroatoms. The van der Waals surface area contributed by atoms with Crippen LogP contribution in [0.2, 0.25) is 0 Å². The van der Waals surface area contributed by atoms with Crippen molar-refractivity contribution in [3.63, 3.8) is 0 Å². The topological polar surface area (TPSA) is 81.3 Å². The van der Waals surface area contributed by atoms with Crippen LogP contribution >= 0.6 is 0 Å². The molecule has 34 heavy (non-hydrogen) atoms. The maximum atomic E-state index is 12.9. The van der Waals surface area contributed by atoms with Crippen molar-refractivity contribution in [3.8, 4) is 0 Å². The van der Waals surface area contributed by atoms with E-state index < -0.39 is 17.8 Å². The number of para-hydroxylation sites is 2. The first-order valence-electron chi connectivity index (χ1n) is 11.1. The molecule has 1 aliphatic rings. The van der Waals surface area contributed by atoms with E-state index in [1.165, 1.54) is 19.1 Å². The molecule has 2 aromatic carbocycles. The average molecular weight is 473 g/mol. The van der Waals surface area contributed by atoms with Gasteiger partial charge in [0.05, 0.1) is 29.2 Å². The minimum atomic E-state index is -4.42. The smallest absolute Gasteiger partial charge is 0.355 e. The Bertz CT molecular complexity index is 1130. The quantitative estimate of drug-likeness (QED) is 0.577. The number of aromatic amines is 1. The molecule has 1 fully saturated rings. The molecule has 0 saturated carbocycles. The van der Waals surface area contributed by atoms with Crippen LogP contribution in [0.4, 0.5) is 13.2 Å². The highest BCUT2D eigenvalue weighted by Gasteiger charge is 2.33. The van der Waals surface area contributed by atoms with Gasteiger partial charge in [-0.25, -0.2) is 4.98 Å². The Morgan fingerprint density at radius 3 is 2.53 bits per heavy atom. The largest absolute Gasteiger partial charge is 0.416 e. The molecule has 2 heterocycles. The third kappa shape index (κ3) is 5.56. The lowest BCUT2D eigenvalue weighted by Crippen LogP contribution is -2.52. The van der Waals surface area contributed by atoms with Crippen molar-refractivity contribution in [1.82, 2.24) is 25.1 Å². The number of nitrogens with one attached hydrogen (secondary N) is 2. The van der Waals surface area contributed by atoms with Gasteiger partial charge in [-0.3, -0.25) is 14.5 Å². The summed E-state index contributed by atoms with van der Waals surface area (Å²) in [5, 5.41) is 2.89. The van der Waals surface area contributed by atoms with E-state index >= 15 is 0 Å². The summed E-state index contributed by atoms with van der Waals surface area (Å²) in [6, 6.07) is 12.1. The molecule has 0 radical (unpaired) electrons. The number of rotatable bonds is 6. The van der Waals surface area contributed by atoms with Gasteiger partial charge in [-0.05, 0) is 29.8 Å². The molecule has 2 amide bonds. The summed E-state index contributed by atoms with van der Waals surface area (Å²) in [5.41, 5.74) is 1.70. The Kier molecular flexibility index (Phi) is 6.87. The molecule has 1 aliphatic heterocycles. The number of alkyl halides is 3. The predicted octanol–water partition coefficient (Wildman–Crippen LogP) is 3.15. The highest BCUT2D eigenvalue weighted by molar-refractivity contribution is 5.78. The van der Waals surface area contributed by atoms with Crippen molar-refractivity contribution >= 4 is 22.8 Å². The van der Waals surface area contributed by atoms with E-state index in [4.69, 9.17) is 0 Å². The number of H-pyrrole nitrogens is 1. The molecule has 3 aromatic rings. The lowest BCUT2D eigenvalue weighted by atomic mass is 10.0. The number of carbonyl (C=O) groups excluding carboxylic acids is 2. The summed E-state index contributed by atoms with van der Waals surface area (Å²) in [5.74, 6) is 0.484. The number of nitrogens with zero attached hydrogens (tertiary/aromatic N) is 3. The Labute approximate surface area is 194 Å². The van der Waals surface area contributed by atoms with Crippen LogP contribution in [0.5, 0.6) is 0 Å². The summed E-state index contributed by atoms with van der Waals surface area (Å²) in [6.07, 6.45) is -3.86.